The van der Waals surface area contributed by atoms with Gasteiger partial charge in [-0.3, -0.25) is 4.90 Å². The zero-order valence-electron chi connectivity index (χ0n) is 10.3. The third kappa shape index (κ3) is 2.71. The molecule has 0 aromatic carbocycles. The van der Waals surface area contributed by atoms with Crippen LogP contribution in [0.5, 0.6) is 0 Å². The Morgan fingerprint density at radius 1 is 0.933 bits per heavy atom. The summed E-state index contributed by atoms with van der Waals surface area (Å²) in [6.45, 7) is 14.8. The Labute approximate surface area is 94.0 Å². The van der Waals surface area contributed by atoms with Crippen LogP contribution in [0.2, 0.25) is 0 Å². The molecule has 2 saturated heterocycles. The fourth-order valence-electron chi connectivity index (χ4n) is 2.70. The molecule has 2 heterocycles. The van der Waals surface area contributed by atoms with Crippen molar-refractivity contribution in [3.05, 3.63) is 0 Å². The minimum absolute atomic E-state index is 0.869. The Hall–Kier alpha value is -0.120. The van der Waals surface area contributed by atoms with E-state index in [1.807, 2.05) is 0 Å². The molecular weight excluding hydrogens is 186 g/mol. The van der Waals surface area contributed by atoms with Crippen molar-refractivity contribution in [2.24, 2.45) is 0 Å². The van der Waals surface area contributed by atoms with Crippen LogP contribution in [-0.4, -0.2) is 73.1 Å². The van der Waals surface area contributed by atoms with Crippen molar-refractivity contribution >= 4 is 0 Å². The van der Waals surface area contributed by atoms with Gasteiger partial charge >= 0.3 is 0 Å². The van der Waals surface area contributed by atoms with Gasteiger partial charge in [-0.2, -0.15) is 0 Å². The van der Waals surface area contributed by atoms with Crippen LogP contribution in [0.1, 0.15) is 20.3 Å². The number of rotatable bonds is 4. The molecule has 0 radical (unpaired) electrons. The molecule has 3 heteroatoms. The summed E-state index contributed by atoms with van der Waals surface area (Å²) in [6, 6.07) is 0.869. The second-order valence-electron chi connectivity index (χ2n) is 4.88. The summed E-state index contributed by atoms with van der Waals surface area (Å²) in [5.41, 5.74) is 0. The van der Waals surface area contributed by atoms with Crippen molar-refractivity contribution in [2.75, 3.05) is 52.4 Å². The number of hydrogen-bond acceptors (Lipinski definition) is 3. The fourth-order valence-corrected chi connectivity index (χ4v) is 2.70. The summed E-state index contributed by atoms with van der Waals surface area (Å²) < 4.78 is 0. The molecule has 0 aromatic rings. The Morgan fingerprint density at radius 2 is 1.60 bits per heavy atom. The van der Waals surface area contributed by atoms with Crippen LogP contribution >= 0.6 is 0 Å². The van der Waals surface area contributed by atoms with Crippen molar-refractivity contribution < 1.29 is 0 Å². The Morgan fingerprint density at radius 3 is 2.13 bits per heavy atom. The highest BCUT2D eigenvalue weighted by atomic mass is 15.3. The molecule has 3 nitrogen and oxygen atoms in total. The summed E-state index contributed by atoms with van der Waals surface area (Å²) in [6.07, 6.45) is 1.30. The second-order valence-corrected chi connectivity index (χ2v) is 4.88. The Bertz CT molecular complexity index is 181. The molecule has 0 saturated carbocycles. The van der Waals surface area contributed by atoms with E-state index in [-0.39, 0.29) is 0 Å². The van der Waals surface area contributed by atoms with Gasteiger partial charge in [-0.05, 0) is 19.5 Å². The van der Waals surface area contributed by atoms with Gasteiger partial charge in [-0.1, -0.05) is 13.8 Å². The van der Waals surface area contributed by atoms with Gasteiger partial charge in [0.15, 0.2) is 0 Å². The van der Waals surface area contributed by atoms with Crippen molar-refractivity contribution in [1.29, 1.82) is 0 Å². The largest absolute Gasteiger partial charge is 0.301 e. The predicted octanol–water partition coefficient (Wildman–Crippen LogP) is 0.718. The molecule has 88 valence electrons. The van der Waals surface area contributed by atoms with Gasteiger partial charge in [0.1, 0.15) is 0 Å². The molecule has 0 N–H and O–H groups in total. The average Bonchev–Trinajstić information content (AvgIpc) is 2.19. The Balaban J connectivity index is 1.66. The molecule has 0 amide bonds. The lowest BCUT2D eigenvalue weighted by molar-refractivity contribution is 0.00789. The number of hydrogen-bond donors (Lipinski definition) is 0. The van der Waals surface area contributed by atoms with Crippen LogP contribution in [0, 0.1) is 0 Å². The minimum Gasteiger partial charge on any atom is -0.301 e. The zero-order valence-corrected chi connectivity index (χ0v) is 10.3. The van der Waals surface area contributed by atoms with Crippen molar-refractivity contribution in [2.45, 2.75) is 26.3 Å². The lowest BCUT2D eigenvalue weighted by Gasteiger charge is -2.48. The van der Waals surface area contributed by atoms with Crippen LogP contribution < -0.4 is 0 Å². The first-order valence-electron chi connectivity index (χ1n) is 6.52. The van der Waals surface area contributed by atoms with Gasteiger partial charge in [-0.25, -0.2) is 0 Å². The number of nitrogens with zero attached hydrogens (tertiary/aromatic N) is 3. The maximum absolute atomic E-state index is 2.69. The molecule has 0 aliphatic carbocycles. The molecule has 2 fully saturated rings. The lowest BCUT2D eigenvalue weighted by atomic mass is 10.1. The molecule has 0 atom stereocenters. The van der Waals surface area contributed by atoms with E-state index >= 15 is 0 Å². The van der Waals surface area contributed by atoms with E-state index < -0.39 is 0 Å². The van der Waals surface area contributed by atoms with Gasteiger partial charge in [-0.15, -0.1) is 0 Å². The summed E-state index contributed by atoms with van der Waals surface area (Å²) >= 11 is 0. The monoisotopic (exact) mass is 211 g/mol. The van der Waals surface area contributed by atoms with E-state index in [4.69, 9.17) is 0 Å². The van der Waals surface area contributed by atoms with Gasteiger partial charge in [0.2, 0.25) is 0 Å². The normalized spacial score (nSPS) is 26.8. The molecule has 0 unspecified atom stereocenters. The van der Waals surface area contributed by atoms with E-state index in [2.05, 4.69) is 28.5 Å². The van der Waals surface area contributed by atoms with E-state index in [0.29, 0.717) is 0 Å². The molecule has 15 heavy (non-hydrogen) atoms. The molecule has 0 bridgehead atoms. The van der Waals surface area contributed by atoms with E-state index in [0.717, 1.165) is 6.04 Å². The number of likely N-dealkylation sites (tertiary alicyclic amines) is 1. The summed E-state index contributed by atoms with van der Waals surface area (Å²) in [5.74, 6) is 0. The van der Waals surface area contributed by atoms with Gasteiger partial charge < -0.3 is 9.80 Å². The number of likely N-dealkylation sites (N-methyl/N-ethyl adjacent to an activating group) is 1. The van der Waals surface area contributed by atoms with Crippen LogP contribution in [0.3, 0.4) is 0 Å². The molecule has 2 aliphatic rings. The third-order valence-corrected chi connectivity index (χ3v) is 3.85. The number of piperazine rings is 1. The summed E-state index contributed by atoms with van der Waals surface area (Å²) in [4.78, 5) is 7.83. The Kier molecular flexibility index (Phi) is 4.00. The zero-order chi connectivity index (χ0) is 10.7. The standard InChI is InChI=1S/C12H25N3/c1-3-5-14-6-8-15(9-7-14)12-10-13(4-2)11-12/h12H,3-11H2,1-2H3. The van der Waals surface area contributed by atoms with Crippen molar-refractivity contribution in [3.63, 3.8) is 0 Å². The van der Waals surface area contributed by atoms with Crippen LogP contribution in [0.15, 0.2) is 0 Å². The van der Waals surface area contributed by atoms with Crippen LogP contribution in [0.25, 0.3) is 0 Å². The maximum Gasteiger partial charge on any atom is 0.0351 e. The van der Waals surface area contributed by atoms with Crippen LogP contribution in [-0.2, 0) is 0 Å². The van der Waals surface area contributed by atoms with Crippen molar-refractivity contribution in [3.8, 4) is 0 Å². The highest BCUT2D eigenvalue weighted by molar-refractivity contribution is 4.89. The minimum atomic E-state index is 0.869. The highest BCUT2D eigenvalue weighted by Crippen LogP contribution is 2.16. The van der Waals surface area contributed by atoms with Gasteiger partial charge in [0.05, 0.1) is 0 Å². The smallest absolute Gasteiger partial charge is 0.0351 e. The summed E-state index contributed by atoms with van der Waals surface area (Å²) in [7, 11) is 0. The third-order valence-electron chi connectivity index (χ3n) is 3.85. The first-order chi connectivity index (χ1) is 7.33. The first-order valence-corrected chi connectivity index (χ1v) is 6.52. The predicted molar refractivity (Wildman–Crippen MR) is 64.2 cm³/mol. The highest BCUT2D eigenvalue weighted by Gasteiger charge is 2.32. The van der Waals surface area contributed by atoms with Gasteiger partial charge in [0.25, 0.3) is 0 Å². The molecule has 2 rings (SSSR count). The quantitative estimate of drug-likeness (QED) is 0.678. The molecule has 0 aromatic heterocycles. The lowest BCUT2D eigenvalue weighted by Crippen LogP contribution is -2.62. The molecule has 2 aliphatic heterocycles. The molecular formula is C12H25N3. The first kappa shape index (κ1) is 11.4. The van der Waals surface area contributed by atoms with E-state index in [9.17, 15) is 0 Å². The topological polar surface area (TPSA) is 9.72 Å². The second kappa shape index (κ2) is 5.28. The van der Waals surface area contributed by atoms with E-state index in [1.54, 1.807) is 0 Å². The van der Waals surface area contributed by atoms with E-state index in [1.165, 1.54) is 58.8 Å². The van der Waals surface area contributed by atoms with Crippen LogP contribution in [0.4, 0.5) is 0 Å². The maximum atomic E-state index is 2.69. The van der Waals surface area contributed by atoms with Crippen molar-refractivity contribution in [1.82, 2.24) is 14.7 Å². The summed E-state index contributed by atoms with van der Waals surface area (Å²) in [5, 5.41) is 0. The SMILES string of the molecule is CCCN1CCN(C2CN(CC)C2)CC1. The van der Waals surface area contributed by atoms with Gasteiger partial charge in [0, 0.05) is 45.3 Å². The average molecular weight is 211 g/mol. The fraction of sp³-hybridized carbons (Fsp3) is 1.00. The molecule has 0 spiro atoms.